The quantitative estimate of drug-likeness (QED) is 0.698. The highest BCUT2D eigenvalue weighted by Gasteiger charge is 2.48. The summed E-state index contributed by atoms with van der Waals surface area (Å²) in [6.07, 6.45) is -2.56. The summed E-state index contributed by atoms with van der Waals surface area (Å²) in [6.45, 7) is 2.71. The highest BCUT2D eigenvalue weighted by atomic mass is 32.1. The number of piperazine rings is 1. The van der Waals surface area contributed by atoms with Crippen molar-refractivity contribution in [1.29, 1.82) is 0 Å². The summed E-state index contributed by atoms with van der Waals surface area (Å²) in [5, 5.41) is 12.3. The maximum absolute atomic E-state index is 14.7. The second-order valence-corrected chi connectivity index (χ2v) is 7.89. The lowest BCUT2D eigenvalue weighted by Gasteiger charge is -2.39. The number of hydrogen-bond acceptors (Lipinski definition) is 8. The van der Waals surface area contributed by atoms with Crippen LogP contribution in [-0.2, 0) is 14.9 Å². The zero-order valence-corrected chi connectivity index (χ0v) is 16.6. The van der Waals surface area contributed by atoms with Gasteiger partial charge in [-0.3, -0.25) is 10.2 Å². The van der Waals surface area contributed by atoms with Crippen LogP contribution in [0.5, 0.6) is 0 Å². The van der Waals surface area contributed by atoms with Gasteiger partial charge in [-0.25, -0.2) is 14.2 Å². The minimum Gasteiger partial charge on any atom is -0.443 e. The van der Waals surface area contributed by atoms with E-state index in [1.165, 1.54) is 16.2 Å². The number of nitrogens with one attached hydrogen (secondary N) is 2. The van der Waals surface area contributed by atoms with E-state index in [9.17, 15) is 14.0 Å². The van der Waals surface area contributed by atoms with E-state index in [0.29, 0.717) is 23.8 Å². The van der Waals surface area contributed by atoms with E-state index in [1.54, 1.807) is 17.4 Å². The number of hydrogen-bond donors (Lipinski definition) is 2. The number of rotatable bonds is 5. The molecule has 1 aromatic carbocycles. The third-order valence-corrected chi connectivity index (χ3v) is 6.07. The third kappa shape index (κ3) is 3.75. The molecule has 0 bridgehead atoms. The first-order valence-corrected chi connectivity index (χ1v) is 10.1. The molecule has 0 saturated carbocycles. The number of carbonyl (C=O) groups excluding carboxylic acids is 2. The van der Waals surface area contributed by atoms with E-state index >= 15 is 0 Å². The Balaban J connectivity index is 1.49. The molecule has 0 aliphatic carbocycles. The third-order valence-electron chi connectivity index (χ3n) is 5.34. The molecule has 29 heavy (non-hydrogen) atoms. The molecule has 3 atom stereocenters. The predicted octanol–water partition coefficient (Wildman–Crippen LogP) is 1.05. The van der Waals surface area contributed by atoms with Crippen LogP contribution in [0.15, 0.2) is 35.8 Å². The number of alkyl carbamates (subject to hydrolysis) is 1. The first kappa shape index (κ1) is 19.5. The zero-order valence-electron chi connectivity index (χ0n) is 15.7. The van der Waals surface area contributed by atoms with E-state index in [4.69, 9.17) is 4.74 Å². The first-order chi connectivity index (χ1) is 14.0. The van der Waals surface area contributed by atoms with Gasteiger partial charge in [0.2, 0.25) is 11.0 Å². The van der Waals surface area contributed by atoms with Gasteiger partial charge in [0, 0.05) is 13.1 Å². The molecule has 2 N–H and O–H groups in total. The van der Waals surface area contributed by atoms with E-state index in [0.717, 1.165) is 0 Å². The fourth-order valence-corrected chi connectivity index (χ4v) is 4.19. The highest BCUT2D eigenvalue weighted by Crippen LogP contribution is 2.32. The number of hydrazine groups is 1. The van der Waals surface area contributed by atoms with Crippen LogP contribution in [0.1, 0.15) is 12.5 Å². The molecule has 9 nitrogen and oxygen atoms in total. The number of anilines is 1. The Hall–Kier alpha value is -2.79. The monoisotopic (exact) mass is 420 g/mol. The van der Waals surface area contributed by atoms with E-state index < -0.39 is 23.9 Å². The second-order valence-electron chi connectivity index (χ2n) is 7.08. The van der Waals surface area contributed by atoms with Gasteiger partial charge in [-0.2, -0.15) is 0 Å². The van der Waals surface area contributed by atoms with Crippen molar-refractivity contribution >= 4 is 28.5 Å². The Morgan fingerprint density at radius 1 is 1.38 bits per heavy atom. The topological polar surface area (TPSA) is 99.7 Å². The molecule has 2 aliphatic heterocycles. The van der Waals surface area contributed by atoms with Gasteiger partial charge in [-0.15, -0.1) is 10.2 Å². The summed E-state index contributed by atoms with van der Waals surface area (Å²) in [4.78, 5) is 26.4. The minimum atomic E-state index is -1.33. The molecule has 154 valence electrons. The Morgan fingerprint density at radius 2 is 2.17 bits per heavy atom. The molecule has 2 saturated heterocycles. The lowest BCUT2D eigenvalue weighted by molar-refractivity contribution is -0.135. The highest BCUT2D eigenvalue weighted by molar-refractivity contribution is 7.13. The van der Waals surface area contributed by atoms with Gasteiger partial charge in [0.1, 0.15) is 17.0 Å². The molecule has 4 rings (SSSR count). The number of nitrogens with zero attached hydrogens (tertiary/aromatic N) is 4. The van der Waals surface area contributed by atoms with Crippen LogP contribution in [0.4, 0.5) is 14.3 Å². The number of ether oxygens (including phenoxy) is 1. The Labute approximate surface area is 170 Å². The second kappa shape index (κ2) is 7.91. The maximum atomic E-state index is 14.7. The molecule has 11 heteroatoms. The van der Waals surface area contributed by atoms with E-state index in [-0.39, 0.29) is 19.0 Å². The van der Waals surface area contributed by atoms with Crippen molar-refractivity contribution in [3.05, 3.63) is 41.4 Å². The van der Waals surface area contributed by atoms with Gasteiger partial charge in [-0.1, -0.05) is 41.7 Å². The summed E-state index contributed by atoms with van der Waals surface area (Å²) in [6, 6.07) is 9.13. The summed E-state index contributed by atoms with van der Waals surface area (Å²) in [5.41, 5.74) is 3.95. The normalized spacial score (nSPS) is 24.5. The van der Waals surface area contributed by atoms with Crippen LogP contribution in [0.2, 0.25) is 0 Å². The Kier molecular flexibility index (Phi) is 5.33. The standard InChI is InChI=1S/C18H21FN6O3S/c1-18(12-5-3-2-4-6-12,13-9-20-17(27)28-13)15(26)23-24-7-8-25(14(19)10-24)16-22-21-11-29-16/h2-6,11,13-14H,7-10H2,1H3,(H,20,27)(H,23,26). The molecule has 2 fully saturated rings. The van der Waals surface area contributed by atoms with Gasteiger partial charge in [-0.05, 0) is 12.5 Å². The summed E-state index contributed by atoms with van der Waals surface area (Å²) in [5.74, 6) is -0.359. The largest absolute Gasteiger partial charge is 0.443 e. The number of benzene rings is 1. The van der Waals surface area contributed by atoms with Gasteiger partial charge >= 0.3 is 6.09 Å². The van der Waals surface area contributed by atoms with Crippen molar-refractivity contribution in [2.45, 2.75) is 24.7 Å². The van der Waals surface area contributed by atoms with Crippen LogP contribution in [0, 0.1) is 0 Å². The van der Waals surface area contributed by atoms with Crippen LogP contribution in [0.3, 0.4) is 0 Å². The van der Waals surface area contributed by atoms with Gasteiger partial charge in [0.15, 0.2) is 6.30 Å². The molecular weight excluding hydrogens is 399 g/mol. The minimum absolute atomic E-state index is 0.0150. The number of cyclic esters (lactones) is 1. The molecule has 1 aromatic heterocycles. The van der Waals surface area contributed by atoms with Crippen LogP contribution < -0.4 is 15.6 Å². The predicted molar refractivity (Wildman–Crippen MR) is 104 cm³/mol. The summed E-state index contributed by atoms with van der Waals surface area (Å²) >= 11 is 1.27. The molecule has 2 aliphatic rings. The number of alkyl halides is 1. The zero-order chi connectivity index (χ0) is 20.4. The summed E-state index contributed by atoms with van der Waals surface area (Å²) in [7, 11) is 0. The SMILES string of the molecule is CC(C(=O)NN1CCN(c2nncs2)C(F)C1)(c1ccccc1)C1CNC(=O)O1. The molecule has 3 unspecified atom stereocenters. The van der Waals surface area contributed by atoms with E-state index in [2.05, 4.69) is 20.9 Å². The van der Waals surface area contributed by atoms with Crippen LogP contribution in [-0.4, -0.2) is 65.8 Å². The van der Waals surface area contributed by atoms with Gasteiger partial charge < -0.3 is 15.0 Å². The van der Waals surface area contributed by atoms with Gasteiger partial charge in [0.05, 0.1) is 13.1 Å². The first-order valence-electron chi connectivity index (χ1n) is 9.21. The Bertz CT molecular complexity index is 870. The van der Waals surface area contributed by atoms with Crippen molar-refractivity contribution in [3.8, 4) is 0 Å². The smallest absolute Gasteiger partial charge is 0.407 e. The molecule has 0 radical (unpaired) electrons. The molecule has 3 heterocycles. The summed E-state index contributed by atoms with van der Waals surface area (Å²) < 4.78 is 20.0. The van der Waals surface area contributed by atoms with Gasteiger partial charge in [0.25, 0.3) is 0 Å². The molecule has 0 spiro atoms. The number of aromatic nitrogens is 2. The number of amides is 2. The van der Waals surface area contributed by atoms with Crippen molar-refractivity contribution in [2.24, 2.45) is 0 Å². The van der Waals surface area contributed by atoms with Crippen molar-refractivity contribution in [1.82, 2.24) is 25.9 Å². The molecule has 2 aromatic rings. The Morgan fingerprint density at radius 3 is 2.79 bits per heavy atom. The van der Waals surface area contributed by atoms with Crippen LogP contribution >= 0.6 is 11.3 Å². The average molecular weight is 420 g/mol. The van der Waals surface area contributed by atoms with Crippen molar-refractivity contribution in [2.75, 3.05) is 31.1 Å². The number of carbonyl (C=O) groups is 2. The fraction of sp³-hybridized carbons (Fsp3) is 0.444. The van der Waals surface area contributed by atoms with Crippen LogP contribution in [0.25, 0.3) is 0 Å². The number of halogens is 1. The molecular formula is C18H21FN6O3S. The van der Waals surface area contributed by atoms with E-state index in [1.807, 2.05) is 30.3 Å². The molecule has 2 amide bonds. The fourth-order valence-electron chi connectivity index (χ4n) is 3.57. The average Bonchev–Trinajstić information content (AvgIpc) is 3.40. The maximum Gasteiger partial charge on any atom is 0.407 e. The van der Waals surface area contributed by atoms with Crippen molar-refractivity contribution < 1.29 is 18.7 Å². The lowest BCUT2D eigenvalue weighted by Crippen LogP contribution is -2.61. The van der Waals surface area contributed by atoms with Crippen molar-refractivity contribution in [3.63, 3.8) is 0 Å². The lowest BCUT2D eigenvalue weighted by atomic mass is 9.76.